The summed E-state index contributed by atoms with van der Waals surface area (Å²) >= 11 is 0. The van der Waals surface area contributed by atoms with E-state index < -0.39 is 0 Å². The summed E-state index contributed by atoms with van der Waals surface area (Å²) in [6.07, 6.45) is 1.77. The van der Waals surface area contributed by atoms with Crippen molar-refractivity contribution in [2.75, 3.05) is 20.2 Å². The average Bonchev–Trinajstić information content (AvgIpc) is 2.83. The maximum Gasteiger partial charge on any atom is 0.119 e. The van der Waals surface area contributed by atoms with Crippen LogP contribution < -0.4 is 4.74 Å². The van der Waals surface area contributed by atoms with Gasteiger partial charge in [0.2, 0.25) is 0 Å². The summed E-state index contributed by atoms with van der Waals surface area (Å²) in [6.45, 7) is 2.43. The molecular weight excluding hydrogens is 214 g/mol. The molecule has 1 aromatic carbocycles. The molecule has 1 N–H and O–H groups in total. The molecule has 0 aliphatic carbocycles. The first-order valence-corrected chi connectivity index (χ1v) is 5.69. The second-order valence-electron chi connectivity index (χ2n) is 3.98. The van der Waals surface area contributed by atoms with Gasteiger partial charge in [0, 0.05) is 25.0 Å². The maximum atomic E-state index is 5.63. The molecule has 0 aliphatic heterocycles. The molecule has 2 rings (SSSR count). The van der Waals surface area contributed by atoms with Gasteiger partial charge in [-0.2, -0.15) is 5.10 Å². The van der Waals surface area contributed by atoms with Crippen molar-refractivity contribution < 1.29 is 4.74 Å². The van der Waals surface area contributed by atoms with Gasteiger partial charge < -0.3 is 4.74 Å². The number of nitrogens with one attached hydrogen (secondary N) is 1. The van der Waals surface area contributed by atoms with E-state index in [0.29, 0.717) is 6.61 Å². The minimum Gasteiger partial charge on any atom is -0.492 e. The van der Waals surface area contributed by atoms with E-state index in [0.717, 1.165) is 24.5 Å². The van der Waals surface area contributed by atoms with Crippen molar-refractivity contribution in [3.63, 3.8) is 0 Å². The van der Waals surface area contributed by atoms with Gasteiger partial charge >= 0.3 is 0 Å². The van der Waals surface area contributed by atoms with Crippen molar-refractivity contribution >= 4 is 0 Å². The van der Waals surface area contributed by atoms with Crippen LogP contribution in [0.25, 0.3) is 0 Å². The Labute approximate surface area is 101 Å². The summed E-state index contributed by atoms with van der Waals surface area (Å²) in [5, 5.41) is 6.86. The predicted molar refractivity (Wildman–Crippen MR) is 66.9 cm³/mol. The first kappa shape index (κ1) is 11.7. The molecule has 0 amide bonds. The first-order valence-electron chi connectivity index (χ1n) is 5.69. The van der Waals surface area contributed by atoms with Gasteiger partial charge in [-0.3, -0.25) is 10.00 Å². The van der Waals surface area contributed by atoms with Crippen LogP contribution in [-0.2, 0) is 6.54 Å². The number of benzene rings is 1. The molecule has 4 nitrogen and oxygen atoms in total. The highest BCUT2D eigenvalue weighted by Crippen LogP contribution is 2.08. The number of likely N-dealkylation sites (N-methyl/N-ethyl adjacent to an activating group) is 1. The Morgan fingerprint density at radius 2 is 2.06 bits per heavy atom. The largest absolute Gasteiger partial charge is 0.492 e. The Bertz CT molecular complexity index is 413. The standard InChI is InChI=1S/C13H17N3O/c1-16(11-12-7-8-14-15-12)9-10-17-13-5-3-2-4-6-13/h2-8H,9-11H2,1H3,(H,14,15). The highest BCUT2D eigenvalue weighted by atomic mass is 16.5. The Morgan fingerprint density at radius 1 is 1.24 bits per heavy atom. The van der Waals surface area contributed by atoms with Gasteiger partial charge in [0.15, 0.2) is 0 Å². The van der Waals surface area contributed by atoms with Gasteiger partial charge in [-0.25, -0.2) is 0 Å². The van der Waals surface area contributed by atoms with E-state index in [1.807, 2.05) is 36.4 Å². The van der Waals surface area contributed by atoms with E-state index in [4.69, 9.17) is 4.74 Å². The van der Waals surface area contributed by atoms with Gasteiger partial charge in [0.05, 0.1) is 0 Å². The van der Waals surface area contributed by atoms with Crippen LogP contribution in [0, 0.1) is 0 Å². The van der Waals surface area contributed by atoms with Crippen LogP contribution in [0.1, 0.15) is 5.69 Å². The van der Waals surface area contributed by atoms with Crippen molar-refractivity contribution in [1.29, 1.82) is 0 Å². The van der Waals surface area contributed by atoms with E-state index in [2.05, 4.69) is 22.1 Å². The molecule has 0 atom stereocenters. The SMILES string of the molecule is CN(CCOc1ccccc1)Cc1ccn[nH]1. The highest BCUT2D eigenvalue weighted by molar-refractivity contribution is 5.20. The van der Waals surface area contributed by atoms with Crippen molar-refractivity contribution in [1.82, 2.24) is 15.1 Å². The number of hydrogen-bond donors (Lipinski definition) is 1. The van der Waals surface area contributed by atoms with Crippen LogP contribution >= 0.6 is 0 Å². The fourth-order valence-corrected chi connectivity index (χ4v) is 1.58. The minimum absolute atomic E-state index is 0.689. The molecule has 1 aromatic heterocycles. The third-order valence-electron chi connectivity index (χ3n) is 2.48. The zero-order chi connectivity index (χ0) is 11.9. The van der Waals surface area contributed by atoms with E-state index in [-0.39, 0.29) is 0 Å². The first-order chi connectivity index (χ1) is 8.34. The topological polar surface area (TPSA) is 41.1 Å². The molecule has 1 heterocycles. The highest BCUT2D eigenvalue weighted by Gasteiger charge is 2.01. The van der Waals surface area contributed by atoms with Crippen LogP contribution in [0.15, 0.2) is 42.6 Å². The van der Waals surface area contributed by atoms with Gasteiger partial charge in [-0.1, -0.05) is 18.2 Å². The summed E-state index contributed by atoms with van der Waals surface area (Å²) in [6, 6.07) is 11.9. The molecule has 17 heavy (non-hydrogen) atoms. The van der Waals surface area contributed by atoms with Crippen LogP contribution in [-0.4, -0.2) is 35.3 Å². The van der Waals surface area contributed by atoms with Crippen LogP contribution in [0.4, 0.5) is 0 Å². The van der Waals surface area contributed by atoms with E-state index in [1.54, 1.807) is 6.20 Å². The van der Waals surface area contributed by atoms with Crippen LogP contribution in [0.3, 0.4) is 0 Å². The summed E-state index contributed by atoms with van der Waals surface area (Å²) < 4.78 is 5.63. The molecular formula is C13H17N3O. The third kappa shape index (κ3) is 3.92. The lowest BCUT2D eigenvalue weighted by Crippen LogP contribution is -2.24. The summed E-state index contributed by atoms with van der Waals surface area (Å²) in [5.41, 5.74) is 1.12. The Balaban J connectivity index is 1.68. The van der Waals surface area contributed by atoms with Crippen molar-refractivity contribution in [2.24, 2.45) is 0 Å². The number of rotatable bonds is 6. The lowest BCUT2D eigenvalue weighted by molar-refractivity contribution is 0.231. The minimum atomic E-state index is 0.689. The molecule has 0 saturated heterocycles. The molecule has 2 aromatic rings. The Morgan fingerprint density at radius 3 is 2.76 bits per heavy atom. The second kappa shape index (κ2) is 6.06. The monoisotopic (exact) mass is 231 g/mol. The molecule has 0 aliphatic rings. The molecule has 90 valence electrons. The van der Waals surface area contributed by atoms with Crippen molar-refractivity contribution in [3.05, 3.63) is 48.3 Å². The smallest absolute Gasteiger partial charge is 0.119 e. The second-order valence-corrected chi connectivity index (χ2v) is 3.98. The molecule has 4 heteroatoms. The number of para-hydroxylation sites is 1. The quantitative estimate of drug-likeness (QED) is 0.825. The lowest BCUT2D eigenvalue weighted by Gasteiger charge is -2.15. The van der Waals surface area contributed by atoms with Gasteiger partial charge in [0.1, 0.15) is 12.4 Å². The number of ether oxygens (including phenoxy) is 1. The van der Waals surface area contributed by atoms with Crippen LogP contribution in [0.5, 0.6) is 5.75 Å². The van der Waals surface area contributed by atoms with Crippen molar-refractivity contribution in [2.45, 2.75) is 6.54 Å². The van der Waals surface area contributed by atoms with E-state index >= 15 is 0 Å². The average molecular weight is 231 g/mol. The van der Waals surface area contributed by atoms with Gasteiger partial charge in [-0.05, 0) is 25.2 Å². The van der Waals surface area contributed by atoms with E-state index in [9.17, 15) is 0 Å². The number of aromatic nitrogens is 2. The van der Waals surface area contributed by atoms with Gasteiger partial charge in [-0.15, -0.1) is 0 Å². The fraction of sp³-hybridized carbons (Fsp3) is 0.308. The fourth-order valence-electron chi connectivity index (χ4n) is 1.58. The third-order valence-corrected chi connectivity index (χ3v) is 2.48. The zero-order valence-electron chi connectivity index (χ0n) is 9.97. The Hall–Kier alpha value is -1.81. The molecule has 0 radical (unpaired) electrons. The molecule has 0 fully saturated rings. The number of hydrogen-bond acceptors (Lipinski definition) is 3. The van der Waals surface area contributed by atoms with Gasteiger partial charge in [0.25, 0.3) is 0 Å². The number of aromatic amines is 1. The maximum absolute atomic E-state index is 5.63. The number of nitrogens with zero attached hydrogens (tertiary/aromatic N) is 2. The lowest BCUT2D eigenvalue weighted by atomic mass is 10.3. The Kier molecular flexibility index (Phi) is 4.16. The van der Waals surface area contributed by atoms with Crippen LogP contribution in [0.2, 0.25) is 0 Å². The molecule has 0 spiro atoms. The summed E-state index contributed by atoms with van der Waals surface area (Å²) in [4.78, 5) is 2.19. The summed E-state index contributed by atoms with van der Waals surface area (Å²) in [5.74, 6) is 0.919. The number of H-pyrrole nitrogens is 1. The zero-order valence-corrected chi connectivity index (χ0v) is 9.97. The molecule has 0 unspecified atom stereocenters. The summed E-state index contributed by atoms with van der Waals surface area (Å²) in [7, 11) is 2.06. The van der Waals surface area contributed by atoms with Crippen molar-refractivity contribution in [3.8, 4) is 5.75 Å². The molecule has 0 bridgehead atoms. The molecule has 0 saturated carbocycles. The predicted octanol–water partition coefficient (Wildman–Crippen LogP) is 1.92. The van der Waals surface area contributed by atoms with E-state index in [1.165, 1.54) is 0 Å². The normalized spacial score (nSPS) is 10.7.